The summed E-state index contributed by atoms with van der Waals surface area (Å²) in [5, 5.41) is 0.485. The summed E-state index contributed by atoms with van der Waals surface area (Å²) in [5.74, 6) is 0.755. The Hall–Kier alpha value is -3.15. The fraction of sp³-hybridized carbons (Fsp3) is 0.211. The van der Waals surface area contributed by atoms with Crippen molar-refractivity contribution >= 4 is 22.7 Å². The molecule has 0 spiro atoms. The Bertz CT molecular complexity index is 960. The van der Waals surface area contributed by atoms with Crippen LogP contribution < -0.4 is 10.3 Å². The van der Waals surface area contributed by atoms with E-state index >= 15 is 0 Å². The van der Waals surface area contributed by atoms with Crippen LogP contribution in [0.3, 0.4) is 0 Å². The van der Waals surface area contributed by atoms with Gasteiger partial charge in [-0.25, -0.2) is 4.98 Å². The lowest BCUT2D eigenvalue weighted by molar-refractivity contribution is 0.0715. The average Bonchev–Trinajstić information content (AvgIpc) is 2.68. The molecule has 1 saturated heterocycles. The van der Waals surface area contributed by atoms with Crippen LogP contribution in [0.1, 0.15) is 10.6 Å². The summed E-state index contributed by atoms with van der Waals surface area (Å²) in [6, 6.07) is 14.0. The Kier molecular flexibility index (Phi) is 3.93. The smallest absolute Gasteiger partial charge is 0.289 e. The van der Waals surface area contributed by atoms with Gasteiger partial charge < -0.3 is 14.2 Å². The first-order valence-electron chi connectivity index (χ1n) is 8.20. The second-order valence-electron chi connectivity index (χ2n) is 5.94. The molecule has 0 unspecified atom stereocenters. The van der Waals surface area contributed by atoms with E-state index in [9.17, 15) is 9.59 Å². The van der Waals surface area contributed by atoms with Gasteiger partial charge in [0.05, 0.1) is 5.39 Å². The van der Waals surface area contributed by atoms with Gasteiger partial charge in [0.1, 0.15) is 11.4 Å². The van der Waals surface area contributed by atoms with Crippen LogP contribution in [-0.2, 0) is 0 Å². The summed E-state index contributed by atoms with van der Waals surface area (Å²) < 4.78 is 5.65. The number of carbonyl (C=O) groups is 1. The number of pyridine rings is 1. The number of piperazine rings is 1. The number of anilines is 1. The Morgan fingerprint density at radius 2 is 1.76 bits per heavy atom. The van der Waals surface area contributed by atoms with Gasteiger partial charge in [-0.15, -0.1) is 0 Å². The molecule has 0 atom stereocenters. The van der Waals surface area contributed by atoms with Gasteiger partial charge in [-0.1, -0.05) is 18.2 Å². The summed E-state index contributed by atoms with van der Waals surface area (Å²) in [6.07, 6.45) is 1.76. The molecule has 1 aliphatic rings. The Morgan fingerprint density at radius 1 is 1.00 bits per heavy atom. The van der Waals surface area contributed by atoms with E-state index in [0.29, 0.717) is 37.1 Å². The van der Waals surface area contributed by atoms with Gasteiger partial charge >= 0.3 is 0 Å². The third kappa shape index (κ3) is 2.98. The fourth-order valence-electron chi connectivity index (χ4n) is 3.04. The standard InChI is InChI=1S/C19H17N3O3/c23-15-13-17(25-16-6-2-1-5-14(15)16)19(24)22-11-9-21(10-12-22)18-7-3-4-8-20-18/h1-8,13H,9-12H2. The van der Waals surface area contributed by atoms with Crippen LogP contribution in [0.25, 0.3) is 11.0 Å². The van der Waals surface area contributed by atoms with Crippen LogP contribution in [0, 0.1) is 0 Å². The summed E-state index contributed by atoms with van der Waals surface area (Å²) in [7, 11) is 0. The van der Waals surface area contributed by atoms with E-state index in [-0.39, 0.29) is 17.1 Å². The predicted molar refractivity (Wildman–Crippen MR) is 94.8 cm³/mol. The Labute approximate surface area is 144 Å². The van der Waals surface area contributed by atoms with Crippen molar-refractivity contribution in [2.75, 3.05) is 31.1 Å². The van der Waals surface area contributed by atoms with Crippen LogP contribution in [-0.4, -0.2) is 42.0 Å². The molecular weight excluding hydrogens is 318 g/mol. The molecule has 1 fully saturated rings. The number of carbonyl (C=O) groups excluding carboxylic acids is 1. The van der Waals surface area contributed by atoms with E-state index in [4.69, 9.17) is 4.42 Å². The zero-order valence-electron chi connectivity index (χ0n) is 13.6. The molecule has 25 heavy (non-hydrogen) atoms. The van der Waals surface area contributed by atoms with Gasteiger partial charge in [0, 0.05) is 38.4 Å². The van der Waals surface area contributed by atoms with Gasteiger partial charge in [0.15, 0.2) is 11.2 Å². The lowest BCUT2D eigenvalue weighted by Gasteiger charge is -2.35. The summed E-state index contributed by atoms with van der Waals surface area (Å²) in [6.45, 7) is 2.51. The molecule has 3 heterocycles. The molecule has 3 aromatic rings. The van der Waals surface area contributed by atoms with Crippen molar-refractivity contribution in [3.8, 4) is 0 Å². The third-order valence-electron chi connectivity index (χ3n) is 4.39. The van der Waals surface area contributed by atoms with Gasteiger partial charge in [-0.2, -0.15) is 0 Å². The molecule has 1 amide bonds. The van der Waals surface area contributed by atoms with Crippen molar-refractivity contribution in [2.24, 2.45) is 0 Å². The number of amides is 1. The van der Waals surface area contributed by atoms with E-state index in [0.717, 1.165) is 5.82 Å². The highest BCUT2D eigenvalue weighted by Crippen LogP contribution is 2.16. The minimum Gasteiger partial charge on any atom is -0.451 e. The maximum atomic E-state index is 12.7. The largest absolute Gasteiger partial charge is 0.451 e. The van der Waals surface area contributed by atoms with Gasteiger partial charge in [0.25, 0.3) is 5.91 Å². The first kappa shape index (κ1) is 15.4. The average molecular weight is 335 g/mol. The minimum atomic E-state index is -0.247. The number of rotatable bonds is 2. The molecular formula is C19H17N3O3. The molecule has 1 aromatic carbocycles. The number of hydrogen-bond donors (Lipinski definition) is 0. The summed E-state index contributed by atoms with van der Waals surface area (Å²) in [4.78, 5) is 33.1. The highest BCUT2D eigenvalue weighted by molar-refractivity contribution is 5.93. The first-order chi connectivity index (χ1) is 12.2. The minimum absolute atomic E-state index is 0.0926. The molecule has 0 saturated carbocycles. The monoisotopic (exact) mass is 335 g/mol. The molecule has 0 N–H and O–H groups in total. The fourth-order valence-corrected chi connectivity index (χ4v) is 3.04. The van der Waals surface area contributed by atoms with E-state index in [2.05, 4.69) is 9.88 Å². The van der Waals surface area contributed by atoms with Crippen LogP contribution in [0.2, 0.25) is 0 Å². The van der Waals surface area contributed by atoms with Crippen molar-refractivity contribution in [1.82, 2.24) is 9.88 Å². The molecule has 6 heteroatoms. The lowest BCUT2D eigenvalue weighted by Crippen LogP contribution is -2.49. The highest BCUT2D eigenvalue weighted by atomic mass is 16.3. The number of fused-ring (bicyclic) bond motifs is 1. The zero-order chi connectivity index (χ0) is 17.2. The SMILES string of the molecule is O=C(c1cc(=O)c2ccccc2o1)N1CCN(c2ccccn2)CC1. The number of hydrogen-bond acceptors (Lipinski definition) is 5. The molecule has 6 nitrogen and oxygen atoms in total. The Balaban J connectivity index is 1.52. The molecule has 0 aliphatic carbocycles. The number of para-hydroxylation sites is 1. The van der Waals surface area contributed by atoms with Crippen LogP contribution in [0.4, 0.5) is 5.82 Å². The second-order valence-corrected chi connectivity index (χ2v) is 5.94. The zero-order valence-corrected chi connectivity index (χ0v) is 13.6. The van der Waals surface area contributed by atoms with E-state index < -0.39 is 0 Å². The molecule has 0 bridgehead atoms. The first-order valence-corrected chi connectivity index (χ1v) is 8.20. The van der Waals surface area contributed by atoms with Gasteiger partial charge in [-0.3, -0.25) is 9.59 Å². The van der Waals surface area contributed by atoms with E-state index in [1.807, 2.05) is 18.2 Å². The highest BCUT2D eigenvalue weighted by Gasteiger charge is 2.24. The van der Waals surface area contributed by atoms with Crippen LogP contribution >= 0.6 is 0 Å². The number of benzene rings is 1. The molecule has 4 rings (SSSR count). The van der Waals surface area contributed by atoms with Crippen molar-refractivity contribution in [3.63, 3.8) is 0 Å². The lowest BCUT2D eigenvalue weighted by atomic mass is 10.2. The van der Waals surface area contributed by atoms with Gasteiger partial charge in [0.2, 0.25) is 0 Å². The molecule has 126 valence electrons. The Morgan fingerprint density at radius 3 is 2.52 bits per heavy atom. The third-order valence-corrected chi connectivity index (χ3v) is 4.39. The van der Waals surface area contributed by atoms with Crippen LogP contribution in [0.5, 0.6) is 0 Å². The van der Waals surface area contributed by atoms with E-state index in [1.165, 1.54) is 6.07 Å². The summed E-state index contributed by atoms with van der Waals surface area (Å²) in [5.41, 5.74) is 0.239. The summed E-state index contributed by atoms with van der Waals surface area (Å²) >= 11 is 0. The van der Waals surface area contributed by atoms with Crippen molar-refractivity contribution in [2.45, 2.75) is 0 Å². The van der Waals surface area contributed by atoms with Crippen molar-refractivity contribution in [1.29, 1.82) is 0 Å². The van der Waals surface area contributed by atoms with Gasteiger partial charge in [-0.05, 0) is 24.3 Å². The van der Waals surface area contributed by atoms with Crippen molar-refractivity contribution in [3.05, 3.63) is 70.7 Å². The maximum Gasteiger partial charge on any atom is 0.289 e. The predicted octanol–water partition coefficient (Wildman–Crippen LogP) is 2.15. The van der Waals surface area contributed by atoms with Crippen LogP contribution in [0.15, 0.2) is 63.9 Å². The number of aromatic nitrogens is 1. The molecule has 0 radical (unpaired) electrons. The normalized spacial score (nSPS) is 14.7. The second kappa shape index (κ2) is 6.39. The molecule has 1 aliphatic heterocycles. The van der Waals surface area contributed by atoms with E-state index in [1.54, 1.807) is 35.4 Å². The topological polar surface area (TPSA) is 66.7 Å². The number of nitrogens with zero attached hydrogens (tertiary/aromatic N) is 3. The van der Waals surface area contributed by atoms with Crippen molar-refractivity contribution < 1.29 is 9.21 Å². The quantitative estimate of drug-likeness (QED) is 0.718. The maximum absolute atomic E-state index is 12.7. The molecule has 2 aromatic heterocycles.